The van der Waals surface area contributed by atoms with Crippen LogP contribution in [0, 0.1) is 6.92 Å². The Morgan fingerprint density at radius 2 is 2.35 bits per heavy atom. The fraction of sp³-hybridized carbons (Fsp3) is 0.333. The maximum absolute atomic E-state index is 5.79. The van der Waals surface area contributed by atoms with Crippen LogP contribution < -0.4 is 11.1 Å². The normalized spacial score (nSPS) is 18.1. The fourth-order valence-corrected chi connectivity index (χ4v) is 2.92. The van der Waals surface area contributed by atoms with Crippen LogP contribution in [-0.4, -0.2) is 9.36 Å². The molecule has 1 aliphatic carbocycles. The summed E-state index contributed by atoms with van der Waals surface area (Å²) in [7, 11) is 0. The van der Waals surface area contributed by atoms with Crippen molar-refractivity contribution in [1.29, 1.82) is 0 Å². The first kappa shape index (κ1) is 10.5. The average molecular weight is 246 g/mol. The Morgan fingerprint density at radius 3 is 3.12 bits per heavy atom. The van der Waals surface area contributed by atoms with Crippen molar-refractivity contribution in [1.82, 2.24) is 9.36 Å². The second kappa shape index (κ2) is 4.00. The Labute approximate surface area is 104 Å². The number of hydrogen-bond acceptors (Lipinski definition) is 5. The summed E-state index contributed by atoms with van der Waals surface area (Å²) in [5, 5.41) is 4.34. The molecule has 3 N–H and O–H groups in total. The van der Waals surface area contributed by atoms with E-state index in [-0.39, 0.29) is 0 Å². The van der Waals surface area contributed by atoms with Crippen LogP contribution in [0.3, 0.4) is 0 Å². The molecule has 1 aromatic heterocycles. The Kier molecular flexibility index (Phi) is 2.48. The van der Waals surface area contributed by atoms with Gasteiger partial charge < -0.3 is 11.1 Å². The third kappa shape index (κ3) is 1.98. The van der Waals surface area contributed by atoms with Gasteiger partial charge in [-0.25, -0.2) is 4.98 Å². The summed E-state index contributed by atoms with van der Waals surface area (Å²) < 4.78 is 4.18. The molecule has 1 heterocycles. The van der Waals surface area contributed by atoms with Crippen LogP contribution in [0.15, 0.2) is 18.2 Å². The molecule has 0 fully saturated rings. The highest BCUT2D eigenvalue weighted by atomic mass is 32.1. The summed E-state index contributed by atoms with van der Waals surface area (Å²) in [4.78, 5) is 4.34. The Morgan fingerprint density at radius 1 is 1.47 bits per heavy atom. The van der Waals surface area contributed by atoms with Gasteiger partial charge in [0.25, 0.3) is 0 Å². The topological polar surface area (TPSA) is 63.8 Å². The van der Waals surface area contributed by atoms with Crippen LogP contribution >= 0.6 is 11.5 Å². The molecule has 1 atom stereocenters. The monoisotopic (exact) mass is 246 g/mol. The molecule has 88 valence electrons. The van der Waals surface area contributed by atoms with Gasteiger partial charge in [-0.3, -0.25) is 0 Å². The third-order valence-electron chi connectivity index (χ3n) is 3.07. The molecule has 0 radical (unpaired) electrons. The fourth-order valence-electron chi connectivity index (χ4n) is 2.29. The quantitative estimate of drug-likeness (QED) is 0.799. The van der Waals surface area contributed by atoms with Crippen molar-refractivity contribution in [2.24, 2.45) is 0 Å². The lowest BCUT2D eigenvalue weighted by atomic mass is 10.1. The molecule has 0 saturated heterocycles. The molecule has 0 bridgehead atoms. The molecule has 0 aliphatic heterocycles. The van der Waals surface area contributed by atoms with E-state index in [1.165, 1.54) is 22.7 Å². The van der Waals surface area contributed by atoms with Crippen LogP contribution in [0.1, 0.15) is 29.4 Å². The maximum atomic E-state index is 5.79. The van der Waals surface area contributed by atoms with Crippen LogP contribution in [-0.2, 0) is 6.42 Å². The van der Waals surface area contributed by atoms with Crippen LogP contribution in [0.4, 0.5) is 10.8 Å². The highest BCUT2D eigenvalue weighted by Gasteiger charge is 2.23. The number of nitrogen functional groups attached to an aromatic ring is 1. The highest BCUT2D eigenvalue weighted by molar-refractivity contribution is 7.09. The minimum atomic E-state index is 0.345. The van der Waals surface area contributed by atoms with E-state index in [1.807, 2.05) is 13.0 Å². The van der Waals surface area contributed by atoms with E-state index < -0.39 is 0 Å². The van der Waals surface area contributed by atoms with Crippen LogP contribution in [0.2, 0.25) is 0 Å². The molecule has 4 nitrogen and oxygen atoms in total. The molecular formula is C12H14N4S. The van der Waals surface area contributed by atoms with Crippen molar-refractivity contribution < 1.29 is 0 Å². The summed E-state index contributed by atoms with van der Waals surface area (Å²) >= 11 is 1.42. The molecule has 1 aliphatic rings. The van der Waals surface area contributed by atoms with Gasteiger partial charge in [-0.05, 0) is 43.0 Å². The minimum absolute atomic E-state index is 0.345. The maximum Gasteiger partial charge on any atom is 0.203 e. The van der Waals surface area contributed by atoms with E-state index in [4.69, 9.17) is 5.73 Å². The highest BCUT2D eigenvalue weighted by Crippen LogP contribution is 2.35. The van der Waals surface area contributed by atoms with Gasteiger partial charge in [-0.1, -0.05) is 6.07 Å². The van der Waals surface area contributed by atoms with E-state index >= 15 is 0 Å². The molecule has 3 rings (SSSR count). The number of aromatic nitrogens is 2. The van der Waals surface area contributed by atoms with Crippen molar-refractivity contribution >= 4 is 22.4 Å². The van der Waals surface area contributed by atoms with Gasteiger partial charge in [-0.2, -0.15) is 4.37 Å². The SMILES string of the molecule is Cc1nsc(NC2CCc3cc(N)ccc32)n1. The smallest absolute Gasteiger partial charge is 0.203 e. The van der Waals surface area contributed by atoms with Crippen molar-refractivity contribution in [3.63, 3.8) is 0 Å². The van der Waals surface area contributed by atoms with Crippen molar-refractivity contribution in [3.05, 3.63) is 35.2 Å². The number of fused-ring (bicyclic) bond motifs is 1. The molecule has 2 aromatic rings. The van der Waals surface area contributed by atoms with Crippen LogP contribution in [0.25, 0.3) is 0 Å². The summed E-state index contributed by atoms with van der Waals surface area (Å²) in [5.74, 6) is 0.827. The number of nitrogens with one attached hydrogen (secondary N) is 1. The van der Waals surface area contributed by atoms with E-state index in [9.17, 15) is 0 Å². The number of anilines is 2. The van der Waals surface area contributed by atoms with E-state index in [0.29, 0.717) is 6.04 Å². The summed E-state index contributed by atoms with van der Waals surface area (Å²) in [6.45, 7) is 1.91. The van der Waals surface area contributed by atoms with E-state index in [0.717, 1.165) is 29.5 Å². The van der Waals surface area contributed by atoms with Gasteiger partial charge in [0.1, 0.15) is 5.82 Å². The van der Waals surface area contributed by atoms with Crippen LogP contribution in [0.5, 0.6) is 0 Å². The molecule has 0 amide bonds. The molecule has 0 saturated carbocycles. The molecule has 5 heteroatoms. The Bertz CT molecular complexity index is 549. The zero-order chi connectivity index (χ0) is 11.8. The van der Waals surface area contributed by atoms with Gasteiger partial charge >= 0.3 is 0 Å². The predicted molar refractivity (Wildman–Crippen MR) is 70.2 cm³/mol. The summed E-state index contributed by atoms with van der Waals surface area (Å²) in [6, 6.07) is 6.49. The summed E-state index contributed by atoms with van der Waals surface area (Å²) in [6.07, 6.45) is 2.17. The van der Waals surface area contributed by atoms with Gasteiger partial charge in [0.05, 0.1) is 6.04 Å². The Balaban J connectivity index is 1.84. The van der Waals surface area contributed by atoms with Gasteiger partial charge in [0, 0.05) is 17.2 Å². The lowest BCUT2D eigenvalue weighted by Gasteiger charge is -2.12. The first-order valence-corrected chi connectivity index (χ1v) is 6.45. The average Bonchev–Trinajstić information content (AvgIpc) is 2.86. The number of aryl methyl sites for hydroxylation is 2. The van der Waals surface area contributed by atoms with Gasteiger partial charge in [0.2, 0.25) is 5.13 Å². The number of hydrogen-bond donors (Lipinski definition) is 2. The van der Waals surface area contributed by atoms with Crippen molar-refractivity contribution in [2.45, 2.75) is 25.8 Å². The van der Waals surface area contributed by atoms with Crippen molar-refractivity contribution in [2.75, 3.05) is 11.1 Å². The second-order valence-corrected chi connectivity index (χ2v) is 5.09. The summed E-state index contributed by atoms with van der Waals surface area (Å²) in [5.41, 5.74) is 9.33. The van der Waals surface area contributed by atoms with Crippen molar-refractivity contribution in [3.8, 4) is 0 Å². The zero-order valence-corrected chi connectivity index (χ0v) is 10.4. The first-order chi connectivity index (χ1) is 8.22. The lowest BCUT2D eigenvalue weighted by molar-refractivity contribution is 0.760. The Hall–Kier alpha value is -1.62. The lowest BCUT2D eigenvalue weighted by Crippen LogP contribution is -2.06. The molecule has 1 aromatic carbocycles. The number of nitrogens with zero attached hydrogens (tertiary/aromatic N) is 2. The number of nitrogens with two attached hydrogens (primary N) is 1. The molecule has 17 heavy (non-hydrogen) atoms. The van der Waals surface area contributed by atoms with Gasteiger partial charge in [0.15, 0.2) is 0 Å². The van der Waals surface area contributed by atoms with Gasteiger partial charge in [-0.15, -0.1) is 0 Å². The zero-order valence-electron chi connectivity index (χ0n) is 9.60. The number of benzene rings is 1. The molecular weight excluding hydrogens is 232 g/mol. The third-order valence-corrected chi connectivity index (χ3v) is 3.81. The van der Waals surface area contributed by atoms with E-state index in [2.05, 4.69) is 26.8 Å². The van der Waals surface area contributed by atoms with E-state index in [1.54, 1.807) is 0 Å². The number of rotatable bonds is 2. The molecule has 0 spiro atoms. The second-order valence-electron chi connectivity index (χ2n) is 4.34. The molecule has 1 unspecified atom stereocenters. The largest absolute Gasteiger partial charge is 0.399 e. The standard InChI is InChI=1S/C12H14N4S/c1-7-14-12(17-16-7)15-11-5-2-8-6-9(13)3-4-10(8)11/h3-4,6,11H,2,5,13H2,1H3,(H,14,15,16). The first-order valence-electron chi connectivity index (χ1n) is 5.67. The predicted octanol–water partition coefficient (Wildman–Crippen LogP) is 2.53. The minimum Gasteiger partial charge on any atom is -0.399 e.